The fourth-order valence-electron chi connectivity index (χ4n) is 2.73. The van der Waals surface area contributed by atoms with Gasteiger partial charge in [-0.05, 0) is 5.92 Å². The van der Waals surface area contributed by atoms with E-state index < -0.39 is 18.2 Å². The lowest BCUT2D eigenvalue weighted by molar-refractivity contribution is 0.209. The van der Waals surface area contributed by atoms with Gasteiger partial charge < -0.3 is 15.2 Å². The van der Waals surface area contributed by atoms with Gasteiger partial charge in [0.05, 0.1) is 16.7 Å². The van der Waals surface area contributed by atoms with Crippen LogP contribution in [0, 0.1) is 0 Å². The maximum absolute atomic E-state index is 13.7. The number of ether oxygens (including phenoxy) is 2. The molecule has 0 aliphatic carbocycles. The van der Waals surface area contributed by atoms with E-state index in [2.05, 4.69) is 5.10 Å². The Morgan fingerprint density at radius 2 is 1.97 bits per heavy atom. The van der Waals surface area contributed by atoms with E-state index in [-0.39, 0.29) is 44.5 Å². The van der Waals surface area contributed by atoms with E-state index in [0.29, 0.717) is 5.56 Å². The Balaban J connectivity index is 2.67. The van der Waals surface area contributed by atoms with Crippen molar-refractivity contribution in [1.29, 1.82) is 0 Å². The van der Waals surface area contributed by atoms with Crippen LogP contribution in [-0.4, -0.2) is 22.5 Å². The highest BCUT2D eigenvalue weighted by Crippen LogP contribution is 2.47. The minimum atomic E-state index is -1.13. The van der Waals surface area contributed by atoms with E-state index in [1.807, 2.05) is 13.8 Å². The first-order valence-electron chi connectivity index (χ1n) is 8.70. The molecule has 2 aromatic rings. The standard InChI is InChI=1S/C19H22Cl2FN3O4/c1-9(2)10-6-13(24-25(5)17(10)26)29-16-11(20)7-12(28-18(23)27)14(15(16)21)19(3,4)8-22/h6-7,9H,8H2,1-5H3,(H2,23,27). The van der Waals surface area contributed by atoms with Crippen LogP contribution >= 0.6 is 23.2 Å². The fourth-order valence-corrected chi connectivity index (χ4v) is 3.50. The van der Waals surface area contributed by atoms with Crippen molar-refractivity contribution in [2.45, 2.75) is 39.0 Å². The third-order valence-electron chi connectivity index (χ3n) is 4.26. The zero-order chi connectivity index (χ0) is 22.1. The average molecular weight is 446 g/mol. The van der Waals surface area contributed by atoms with Crippen LogP contribution < -0.4 is 20.8 Å². The van der Waals surface area contributed by atoms with Crippen molar-refractivity contribution in [3.8, 4) is 17.4 Å². The Morgan fingerprint density at radius 3 is 2.48 bits per heavy atom. The van der Waals surface area contributed by atoms with Gasteiger partial charge in [0.15, 0.2) is 5.75 Å². The van der Waals surface area contributed by atoms with Crippen molar-refractivity contribution >= 4 is 29.3 Å². The number of nitrogens with two attached hydrogens (primary N) is 1. The predicted octanol–water partition coefficient (Wildman–Crippen LogP) is 4.71. The predicted molar refractivity (Wildman–Crippen MR) is 109 cm³/mol. The first-order chi connectivity index (χ1) is 13.4. The molecule has 0 aliphatic rings. The topological polar surface area (TPSA) is 96.4 Å². The first kappa shape index (κ1) is 23.0. The molecule has 0 fully saturated rings. The molecule has 0 saturated carbocycles. The number of aryl methyl sites for hydroxylation is 1. The zero-order valence-corrected chi connectivity index (χ0v) is 18.2. The summed E-state index contributed by atoms with van der Waals surface area (Å²) in [6.45, 7) is 6.05. The summed E-state index contributed by atoms with van der Waals surface area (Å²) in [5, 5.41) is 4.00. The highest BCUT2D eigenvalue weighted by atomic mass is 35.5. The van der Waals surface area contributed by atoms with Gasteiger partial charge in [0.1, 0.15) is 5.75 Å². The summed E-state index contributed by atoms with van der Waals surface area (Å²) in [5.41, 5.74) is 4.36. The summed E-state index contributed by atoms with van der Waals surface area (Å²) in [6, 6.07) is 2.76. The van der Waals surface area contributed by atoms with E-state index in [0.717, 1.165) is 4.68 Å². The highest BCUT2D eigenvalue weighted by Gasteiger charge is 2.32. The summed E-state index contributed by atoms with van der Waals surface area (Å²) in [6.07, 6.45) is -1.09. The molecule has 10 heteroatoms. The molecule has 0 aliphatic heterocycles. The maximum Gasteiger partial charge on any atom is 0.409 e. The second-order valence-electron chi connectivity index (χ2n) is 7.44. The third-order valence-corrected chi connectivity index (χ3v) is 4.90. The van der Waals surface area contributed by atoms with Crippen LogP contribution in [0.1, 0.15) is 44.7 Å². The van der Waals surface area contributed by atoms with Crippen LogP contribution in [0.15, 0.2) is 16.9 Å². The number of rotatable bonds is 6. The van der Waals surface area contributed by atoms with Crippen LogP contribution in [-0.2, 0) is 12.5 Å². The summed E-state index contributed by atoms with van der Waals surface area (Å²) >= 11 is 12.8. The summed E-state index contributed by atoms with van der Waals surface area (Å²) in [7, 11) is 1.49. The minimum Gasteiger partial charge on any atom is -0.434 e. The second kappa shape index (κ2) is 8.59. The van der Waals surface area contributed by atoms with Crippen molar-refractivity contribution in [3.05, 3.63) is 43.7 Å². The van der Waals surface area contributed by atoms with Gasteiger partial charge >= 0.3 is 6.09 Å². The highest BCUT2D eigenvalue weighted by molar-refractivity contribution is 6.38. The van der Waals surface area contributed by atoms with Crippen molar-refractivity contribution in [2.75, 3.05) is 6.67 Å². The van der Waals surface area contributed by atoms with Crippen LogP contribution in [0.2, 0.25) is 10.0 Å². The number of nitrogens with zero attached hydrogens (tertiary/aromatic N) is 2. The Hall–Kier alpha value is -2.32. The molecule has 1 amide bonds. The van der Waals surface area contributed by atoms with Crippen molar-refractivity contribution in [3.63, 3.8) is 0 Å². The molecule has 7 nitrogen and oxygen atoms in total. The molecule has 2 N–H and O–H groups in total. The number of carbonyl (C=O) groups excluding carboxylic acids is 1. The van der Waals surface area contributed by atoms with E-state index in [1.165, 1.54) is 19.2 Å². The number of primary amides is 1. The molecule has 0 saturated heterocycles. The Morgan fingerprint density at radius 1 is 1.34 bits per heavy atom. The number of carbonyl (C=O) groups is 1. The molecule has 0 unspecified atom stereocenters. The zero-order valence-electron chi connectivity index (χ0n) is 16.7. The van der Waals surface area contributed by atoms with Crippen molar-refractivity contribution in [2.24, 2.45) is 12.8 Å². The average Bonchev–Trinajstić information content (AvgIpc) is 2.60. The summed E-state index contributed by atoms with van der Waals surface area (Å²) < 4.78 is 25.6. The van der Waals surface area contributed by atoms with Crippen LogP contribution in [0.3, 0.4) is 0 Å². The Kier molecular flexibility index (Phi) is 6.80. The minimum absolute atomic E-state index is 0.00796. The molecule has 0 bridgehead atoms. The molecule has 0 spiro atoms. The molecule has 1 aromatic carbocycles. The Bertz CT molecular complexity index is 1010. The van der Waals surface area contributed by atoms with Gasteiger partial charge in [-0.1, -0.05) is 50.9 Å². The van der Waals surface area contributed by atoms with Gasteiger partial charge in [-0.25, -0.2) is 9.48 Å². The molecule has 158 valence electrons. The van der Waals surface area contributed by atoms with Crippen molar-refractivity contribution in [1.82, 2.24) is 9.78 Å². The van der Waals surface area contributed by atoms with Crippen LogP contribution in [0.25, 0.3) is 0 Å². The lowest BCUT2D eigenvalue weighted by Gasteiger charge is -2.26. The third kappa shape index (κ3) is 4.82. The lowest BCUT2D eigenvalue weighted by atomic mass is 9.85. The second-order valence-corrected chi connectivity index (χ2v) is 8.22. The van der Waals surface area contributed by atoms with Gasteiger partial charge in [-0.3, -0.25) is 9.18 Å². The van der Waals surface area contributed by atoms with Crippen LogP contribution in [0.5, 0.6) is 17.4 Å². The van der Waals surface area contributed by atoms with E-state index in [9.17, 15) is 14.0 Å². The Labute approximate surface area is 177 Å². The molecule has 0 atom stereocenters. The molecule has 2 rings (SSSR count). The summed E-state index contributed by atoms with van der Waals surface area (Å²) in [4.78, 5) is 23.5. The van der Waals surface area contributed by atoms with Crippen LogP contribution in [0.4, 0.5) is 9.18 Å². The van der Waals surface area contributed by atoms with Gasteiger partial charge in [0.2, 0.25) is 5.88 Å². The number of aromatic nitrogens is 2. The molecule has 29 heavy (non-hydrogen) atoms. The van der Waals surface area contributed by atoms with Gasteiger partial charge in [-0.2, -0.15) is 0 Å². The van der Waals surface area contributed by atoms with E-state index in [1.54, 1.807) is 13.8 Å². The number of hydrogen-bond donors (Lipinski definition) is 1. The van der Waals surface area contributed by atoms with E-state index >= 15 is 0 Å². The normalized spacial score (nSPS) is 11.6. The van der Waals surface area contributed by atoms with E-state index in [4.69, 9.17) is 38.4 Å². The fraction of sp³-hybridized carbons (Fsp3) is 0.421. The van der Waals surface area contributed by atoms with Crippen molar-refractivity contribution < 1.29 is 18.7 Å². The van der Waals surface area contributed by atoms with Gasteiger partial charge in [-0.15, -0.1) is 5.10 Å². The molecule has 0 radical (unpaired) electrons. The number of alkyl halides is 1. The maximum atomic E-state index is 13.7. The van der Waals surface area contributed by atoms with Gasteiger partial charge in [0.25, 0.3) is 5.56 Å². The quantitative estimate of drug-likeness (QED) is 0.694. The largest absolute Gasteiger partial charge is 0.434 e. The molecular weight excluding hydrogens is 424 g/mol. The number of amides is 1. The molecular formula is C19H22Cl2FN3O4. The number of hydrogen-bond acceptors (Lipinski definition) is 5. The smallest absolute Gasteiger partial charge is 0.409 e. The monoisotopic (exact) mass is 445 g/mol. The number of benzene rings is 1. The van der Waals surface area contributed by atoms with Gasteiger partial charge in [0, 0.05) is 35.7 Å². The SMILES string of the molecule is CC(C)c1cc(Oc2c(Cl)cc(OC(N)=O)c(C(C)(C)CF)c2Cl)nn(C)c1=O. The number of halogens is 3. The molecule has 1 aromatic heterocycles. The lowest BCUT2D eigenvalue weighted by Crippen LogP contribution is -2.25. The summed E-state index contributed by atoms with van der Waals surface area (Å²) in [5.74, 6) is -0.0779. The molecule has 1 heterocycles. The first-order valence-corrected chi connectivity index (χ1v) is 9.46.